The maximum Gasteiger partial charge on any atom is 0.244 e. The van der Waals surface area contributed by atoms with Crippen LogP contribution in [0.25, 0.3) is 11.3 Å². The molecule has 0 saturated carbocycles. The number of nitrogens with two attached hydrogens (primary N) is 2. The van der Waals surface area contributed by atoms with Crippen LogP contribution >= 0.6 is 11.3 Å². The van der Waals surface area contributed by atoms with Crippen LogP contribution in [-0.2, 0) is 16.1 Å². The maximum atomic E-state index is 12.4. The molecule has 0 aliphatic rings. The zero-order chi connectivity index (χ0) is 19.9. The summed E-state index contributed by atoms with van der Waals surface area (Å²) in [7, 11) is 0. The number of benzene rings is 2. The minimum Gasteiger partial charge on any atom is -0.375 e. The van der Waals surface area contributed by atoms with Crippen LogP contribution in [0, 0.1) is 0 Å². The van der Waals surface area contributed by atoms with Crippen molar-refractivity contribution in [3.05, 3.63) is 65.5 Å². The molecule has 7 nitrogen and oxygen atoms in total. The van der Waals surface area contributed by atoms with Crippen molar-refractivity contribution in [1.82, 2.24) is 9.88 Å². The second kappa shape index (κ2) is 9.12. The Hall–Kier alpha value is -3.23. The molecule has 0 unspecified atom stereocenters. The highest BCUT2D eigenvalue weighted by Gasteiger charge is 2.16. The normalized spacial score (nSPS) is 10.5. The number of nitrogens with one attached hydrogen (secondary N) is 1. The van der Waals surface area contributed by atoms with Gasteiger partial charge in [0.15, 0.2) is 5.13 Å². The van der Waals surface area contributed by atoms with Gasteiger partial charge in [-0.2, -0.15) is 0 Å². The Balaban J connectivity index is 1.63. The van der Waals surface area contributed by atoms with E-state index < -0.39 is 0 Å². The molecule has 3 aromatic rings. The van der Waals surface area contributed by atoms with E-state index in [1.165, 1.54) is 16.2 Å². The SMILES string of the molecule is NCC(=O)N(CC(=O)Nc1ccc(-c2csc(N)n2)cc1)Cc1ccccc1. The Kier molecular flexibility index (Phi) is 6.36. The van der Waals surface area contributed by atoms with E-state index in [9.17, 15) is 9.59 Å². The lowest BCUT2D eigenvalue weighted by atomic mass is 10.1. The average molecular weight is 395 g/mol. The first-order chi connectivity index (χ1) is 13.5. The van der Waals surface area contributed by atoms with E-state index in [-0.39, 0.29) is 24.9 Å². The van der Waals surface area contributed by atoms with Crippen LogP contribution in [-0.4, -0.2) is 34.8 Å². The molecule has 3 rings (SSSR count). The number of hydrogen-bond donors (Lipinski definition) is 3. The summed E-state index contributed by atoms with van der Waals surface area (Å²) in [5, 5.41) is 5.19. The molecule has 0 fully saturated rings. The molecular weight excluding hydrogens is 374 g/mol. The minimum absolute atomic E-state index is 0.0741. The largest absolute Gasteiger partial charge is 0.375 e. The van der Waals surface area contributed by atoms with Crippen LogP contribution in [0.2, 0.25) is 0 Å². The molecule has 1 heterocycles. The lowest BCUT2D eigenvalue weighted by Gasteiger charge is -2.21. The van der Waals surface area contributed by atoms with E-state index in [1.807, 2.05) is 47.8 Å². The molecule has 144 valence electrons. The quantitative estimate of drug-likeness (QED) is 0.568. The van der Waals surface area contributed by atoms with Crippen molar-refractivity contribution in [2.75, 3.05) is 24.1 Å². The smallest absolute Gasteiger partial charge is 0.244 e. The van der Waals surface area contributed by atoms with Gasteiger partial charge < -0.3 is 21.7 Å². The van der Waals surface area contributed by atoms with Gasteiger partial charge in [-0.25, -0.2) is 4.98 Å². The van der Waals surface area contributed by atoms with E-state index in [0.29, 0.717) is 17.4 Å². The predicted molar refractivity (Wildman–Crippen MR) is 112 cm³/mol. The summed E-state index contributed by atoms with van der Waals surface area (Å²) in [6.45, 7) is 0.107. The highest BCUT2D eigenvalue weighted by molar-refractivity contribution is 7.13. The van der Waals surface area contributed by atoms with Crippen molar-refractivity contribution < 1.29 is 9.59 Å². The fraction of sp³-hybridized carbons (Fsp3) is 0.150. The number of amides is 2. The van der Waals surface area contributed by atoms with Gasteiger partial charge in [0.25, 0.3) is 0 Å². The Morgan fingerprint density at radius 3 is 2.39 bits per heavy atom. The predicted octanol–water partition coefficient (Wildman–Crippen LogP) is 2.32. The van der Waals surface area contributed by atoms with Gasteiger partial charge >= 0.3 is 0 Å². The van der Waals surface area contributed by atoms with Gasteiger partial charge in [-0.1, -0.05) is 42.5 Å². The Labute approximate surface area is 167 Å². The number of carbonyl (C=O) groups excluding carboxylic acids is 2. The van der Waals surface area contributed by atoms with E-state index >= 15 is 0 Å². The van der Waals surface area contributed by atoms with Gasteiger partial charge in [-0.3, -0.25) is 9.59 Å². The van der Waals surface area contributed by atoms with Gasteiger partial charge in [0, 0.05) is 23.2 Å². The van der Waals surface area contributed by atoms with Crippen LogP contribution in [0.1, 0.15) is 5.56 Å². The lowest BCUT2D eigenvalue weighted by molar-refractivity contribution is -0.134. The van der Waals surface area contributed by atoms with Gasteiger partial charge in [0.1, 0.15) is 6.54 Å². The van der Waals surface area contributed by atoms with Gasteiger partial charge in [0.2, 0.25) is 11.8 Å². The molecule has 0 atom stereocenters. The van der Waals surface area contributed by atoms with Crippen molar-refractivity contribution in [3.8, 4) is 11.3 Å². The fourth-order valence-corrected chi connectivity index (χ4v) is 3.26. The van der Waals surface area contributed by atoms with Crippen molar-refractivity contribution in [3.63, 3.8) is 0 Å². The second-order valence-corrected chi connectivity index (χ2v) is 7.03. The van der Waals surface area contributed by atoms with Crippen LogP contribution in [0.3, 0.4) is 0 Å². The van der Waals surface area contributed by atoms with Crippen LogP contribution < -0.4 is 16.8 Å². The van der Waals surface area contributed by atoms with Crippen LogP contribution in [0.15, 0.2) is 60.0 Å². The molecule has 0 bridgehead atoms. The number of aromatic nitrogens is 1. The number of carbonyl (C=O) groups is 2. The van der Waals surface area contributed by atoms with E-state index in [0.717, 1.165) is 16.8 Å². The minimum atomic E-state index is -0.289. The number of anilines is 2. The molecule has 2 amide bonds. The fourth-order valence-electron chi connectivity index (χ4n) is 2.68. The molecule has 5 N–H and O–H groups in total. The molecule has 0 aliphatic heterocycles. The summed E-state index contributed by atoms with van der Waals surface area (Å²) in [6.07, 6.45) is 0. The highest BCUT2D eigenvalue weighted by atomic mass is 32.1. The highest BCUT2D eigenvalue weighted by Crippen LogP contribution is 2.24. The summed E-state index contributed by atoms with van der Waals surface area (Å²) < 4.78 is 0. The Morgan fingerprint density at radius 1 is 1.07 bits per heavy atom. The summed E-state index contributed by atoms with van der Waals surface area (Å²) in [5.41, 5.74) is 14.4. The molecular formula is C20H21N5O2S. The molecule has 2 aromatic carbocycles. The van der Waals surface area contributed by atoms with Gasteiger partial charge in [0.05, 0.1) is 12.2 Å². The lowest BCUT2D eigenvalue weighted by Crippen LogP contribution is -2.40. The summed E-state index contributed by atoms with van der Waals surface area (Å²) in [5.74, 6) is -0.571. The number of nitrogens with zero attached hydrogens (tertiary/aromatic N) is 2. The Morgan fingerprint density at radius 2 is 1.79 bits per heavy atom. The Bertz CT molecular complexity index is 941. The van der Waals surface area contributed by atoms with Crippen molar-refractivity contribution in [2.45, 2.75) is 6.54 Å². The average Bonchev–Trinajstić information content (AvgIpc) is 3.14. The first-order valence-electron chi connectivity index (χ1n) is 8.68. The molecule has 0 saturated heterocycles. The van der Waals surface area contributed by atoms with Crippen LogP contribution in [0.5, 0.6) is 0 Å². The van der Waals surface area contributed by atoms with Gasteiger partial charge in [-0.15, -0.1) is 11.3 Å². The number of rotatable bonds is 7. The van der Waals surface area contributed by atoms with E-state index in [1.54, 1.807) is 12.1 Å². The third kappa shape index (κ3) is 5.15. The monoisotopic (exact) mass is 395 g/mol. The number of hydrogen-bond acceptors (Lipinski definition) is 6. The zero-order valence-corrected chi connectivity index (χ0v) is 16.0. The van der Waals surface area contributed by atoms with Crippen molar-refractivity contribution >= 4 is 34.0 Å². The van der Waals surface area contributed by atoms with E-state index in [4.69, 9.17) is 11.5 Å². The second-order valence-electron chi connectivity index (χ2n) is 6.14. The van der Waals surface area contributed by atoms with E-state index in [2.05, 4.69) is 10.3 Å². The number of thiazole rings is 1. The third-order valence-corrected chi connectivity index (χ3v) is 4.74. The van der Waals surface area contributed by atoms with Crippen molar-refractivity contribution in [2.24, 2.45) is 5.73 Å². The first kappa shape index (κ1) is 19.5. The molecule has 8 heteroatoms. The first-order valence-corrected chi connectivity index (χ1v) is 9.56. The maximum absolute atomic E-state index is 12.4. The zero-order valence-electron chi connectivity index (χ0n) is 15.2. The molecule has 0 radical (unpaired) electrons. The summed E-state index contributed by atoms with van der Waals surface area (Å²) >= 11 is 1.38. The number of nitrogen functional groups attached to an aromatic ring is 1. The van der Waals surface area contributed by atoms with Crippen molar-refractivity contribution in [1.29, 1.82) is 0 Å². The standard InChI is InChI=1S/C20H21N5O2S/c21-10-19(27)25(11-14-4-2-1-3-5-14)12-18(26)23-16-8-6-15(7-9-16)17-13-28-20(22)24-17/h1-9,13H,10-12,21H2,(H2,22,24)(H,23,26). The molecule has 0 aliphatic carbocycles. The topological polar surface area (TPSA) is 114 Å². The van der Waals surface area contributed by atoms with Crippen LogP contribution in [0.4, 0.5) is 10.8 Å². The molecule has 0 spiro atoms. The summed E-state index contributed by atoms with van der Waals surface area (Å²) in [6, 6.07) is 16.8. The van der Waals surface area contributed by atoms with Gasteiger partial charge in [-0.05, 0) is 17.7 Å². The summed E-state index contributed by atoms with van der Waals surface area (Å²) in [4.78, 5) is 30.2. The molecule has 28 heavy (non-hydrogen) atoms. The molecule has 1 aromatic heterocycles. The third-order valence-electron chi connectivity index (χ3n) is 4.06.